The van der Waals surface area contributed by atoms with E-state index in [-0.39, 0.29) is 34.8 Å². The summed E-state index contributed by atoms with van der Waals surface area (Å²) in [6, 6.07) is 0. The lowest BCUT2D eigenvalue weighted by molar-refractivity contribution is -0.224. The third-order valence-corrected chi connectivity index (χ3v) is 11.3. The van der Waals surface area contributed by atoms with Gasteiger partial charge in [-0.2, -0.15) is 0 Å². The van der Waals surface area contributed by atoms with Gasteiger partial charge < -0.3 is 34.3 Å². The Balaban J connectivity index is 1.61. The summed E-state index contributed by atoms with van der Waals surface area (Å²) in [6.45, 7) is 13.0. The van der Waals surface area contributed by atoms with E-state index >= 15 is 4.79 Å². The molecule has 1 saturated heterocycles. The minimum absolute atomic E-state index is 0.0134. The number of hydrogen-bond acceptors (Lipinski definition) is 9. The molecule has 3 saturated carbocycles. The van der Waals surface area contributed by atoms with Crippen LogP contribution in [0.15, 0.2) is 41.0 Å². The van der Waals surface area contributed by atoms with Crippen LogP contribution in [0.2, 0.25) is 0 Å². The Morgan fingerprint density at radius 1 is 1.04 bits per heavy atom. The number of Topliss-reactive ketones (excluding diaryl/α,β-unsaturated/α-hetero) is 2. The van der Waals surface area contributed by atoms with Crippen molar-refractivity contribution in [1.29, 1.82) is 0 Å². The predicted molar refractivity (Wildman–Crippen MR) is 182 cm³/mol. The summed E-state index contributed by atoms with van der Waals surface area (Å²) in [4.78, 5) is 41.7. The van der Waals surface area contributed by atoms with E-state index in [0.717, 1.165) is 12.0 Å². The number of aliphatic carboxylic acids is 1. The SMILES string of the molecule is COC1C2C[C@H]3C(C)(C)O[C@@](C/C=C(\CO)C(=O)O)(C2=O)[C@]32Oc3c(CC=C(C)C)c4c(c(O)c3C(=O)[C@H]12)C=CC(C)(CCC=C(C)C)O4. The largest absolute Gasteiger partial charge is 0.506 e. The Bertz CT molecular complexity index is 1740. The molecule has 0 amide bonds. The number of allylic oxidation sites excluding steroid dienone is 4. The molecule has 3 aliphatic heterocycles. The third kappa shape index (κ3) is 5.04. The Kier molecular flexibility index (Phi) is 8.56. The maximum atomic E-state index is 15.1. The molecule has 10 heteroatoms. The number of carboxylic acid groups (broad SMARTS) is 1. The van der Waals surface area contributed by atoms with Crippen molar-refractivity contribution >= 4 is 23.6 Å². The van der Waals surface area contributed by atoms with E-state index in [1.807, 2.05) is 66.7 Å². The molecule has 3 N–H and O–H groups in total. The number of phenols is 1. The van der Waals surface area contributed by atoms with Gasteiger partial charge in [0.2, 0.25) is 0 Å². The molecule has 6 aliphatic rings. The lowest BCUT2D eigenvalue weighted by Gasteiger charge is -2.62. The van der Waals surface area contributed by atoms with Gasteiger partial charge in [0, 0.05) is 30.9 Å². The summed E-state index contributed by atoms with van der Waals surface area (Å²) < 4.78 is 26.7. The van der Waals surface area contributed by atoms with E-state index in [2.05, 4.69) is 6.08 Å². The second-order valence-corrected chi connectivity index (χ2v) is 15.5. The molecule has 0 aromatic heterocycles. The molecule has 3 unspecified atom stereocenters. The number of phenolic OH excluding ortho intramolecular Hbond substituents is 1. The van der Waals surface area contributed by atoms with Gasteiger partial charge in [-0.3, -0.25) is 9.59 Å². The Morgan fingerprint density at radius 3 is 2.35 bits per heavy atom. The van der Waals surface area contributed by atoms with Crippen molar-refractivity contribution in [2.24, 2.45) is 17.8 Å². The van der Waals surface area contributed by atoms with Crippen LogP contribution in [-0.4, -0.2) is 75.1 Å². The minimum Gasteiger partial charge on any atom is -0.506 e. The number of methoxy groups -OCH3 is 1. The van der Waals surface area contributed by atoms with Crippen molar-refractivity contribution in [2.75, 3.05) is 13.7 Å². The van der Waals surface area contributed by atoms with Crippen molar-refractivity contribution in [3.63, 3.8) is 0 Å². The second-order valence-electron chi connectivity index (χ2n) is 15.5. The number of ketones is 2. The number of aliphatic hydroxyl groups excluding tert-OH is 1. The molecule has 7 rings (SSSR count). The van der Waals surface area contributed by atoms with Crippen molar-refractivity contribution in [2.45, 2.75) is 109 Å². The molecule has 1 spiro atoms. The molecule has 1 aromatic carbocycles. The summed E-state index contributed by atoms with van der Waals surface area (Å²) in [5.41, 5.74) is -2.16. The van der Waals surface area contributed by atoms with Crippen LogP contribution >= 0.6 is 0 Å². The van der Waals surface area contributed by atoms with E-state index in [1.165, 1.54) is 18.8 Å². The molecule has 0 radical (unpaired) electrons. The van der Waals surface area contributed by atoms with Gasteiger partial charge in [-0.25, -0.2) is 4.79 Å². The topological polar surface area (TPSA) is 149 Å². The lowest BCUT2D eigenvalue weighted by Crippen LogP contribution is -2.80. The third-order valence-electron chi connectivity index (χ3n) is 11.3. The number of aromatic hydroxyl groups is 1. The smallest absolute Gasteiger partial charge is 0.333 e. The van der Waals surface area contributed by atoms with E-state index < -0.39 is 64.6 Å². The van der Waals surface area contributed by atoms with E-state index in [0.29, 0.717) is 36.1 Å². The van der Waals surface area contributed by atoms with Crippen molar-refractivity contribution in [1.82, 2.24) is 0 Å². The zero-order chi connectivity index (χ0) is 35.8. The van der Waals surface area contributed by atoms with Crippen LogP contribution in [0, 0.1) is 17.8 Å². The average molecular weight is 677 g/mol. The highest BCUT2D eigenvalue weighted by Gasteiger charge is 2.85. The fourth-order valence-corrected chi connectivity index (χ4v) is 9.14. The number of ether oxygens (including phenoxy) is 4. The molecule has 264 valence electrons. The zero-order valence-electron chi connectivity index (χ0n) is 29.6. The molecular formula is C39H48O10. The number of carbonyl (C=O) groups is 3. The van der Waals surface area contributed by atoms with Gasteiger partial charge in [0.1, 0.15) is 28.4 Å². The maximum Gasteiger partial charge on any atom is 0.333 e. The summed E-state index contributed by atoms with van der Waals surface area (Å²) in [6.07, 6.45) is 10.2. The van der Waals surface area contributed by atoms with Crippen LogP contribution in [0.25, 0.3) is 6.08 Å². The first-order valence-corrected chi connectivity index (χ1v) is 17.1. The summed E-state index contributed by atoms with van der Waals surface area (Å²) in [5, 5.41) is 31.5. The van der Waals surface area contributed by atoms with Crippen LogP contribution in [-0.2, 0) is 25.5 Å². The molecule has 4 bridgehead atoms. The highest BCUT2D eigenvalue weighted by Crippen LogP contribution is 2.70. The van der Waals surface area contributed by atoms with Crippen LogP contribution in [0.4, 0.5) is 0 Å². The van der Waals surface area contributed by atoms with Crippen LogP contribution in [0.5, 0.6) is 17.2 Å². The number of hydrogen-bond donors (Lipinski definition) is 3. The quantitative estimate of drug-likeness (QED) is 0.202. The van der Waals surface area contributed by atoms with Gasteiger partial charge >= 0.3 is 5.97 Å². The van der Waals surface area contributed by atoms with Gasteiger partial charge in [0.05, 0.1) is 35.4 Å². The van der Waals surface area contributed by atoms with Crippen molar-refractivity contribution in [3.8, 4) is 17.2 Å². The number of rotatable bonds is 10. The first-order valence-electron chi connectivity index (χ1n) is 17.1. The van der Waals surface area contributed by atoms with E-state index in [4.69, 9.17) is 18.9 Å². The van der Waals surface area contributed by atoms with Crippen molar-refractivity contribution in [3.05, 3.63) is 57.7 Å². The predicted octanol–water partition coefficient (Wildman–Crippen LogP) is 5.92. The first-order chi connectivity index (χ1) is 23.0. The Morgan fingerprint density at radius 2 is 1.73 bits per heavy atom. The fraction of sp³-hybridized carbons (Fsp3) is 0.564. The normalized spacial score (nSPS) is 33.2. The zero-order valence-corrected chi connectivity index (χ0v) is 29.6. The summed E-state index contributed by atoms with van der Waals surface area (Å²) >= 11 is 0. The fourth-order valence-electron chi connectivity index (χ4n) is 9.14. The number of fused-ring (bicyclic) bond motifs is 2. The Labute approximate surface area is 287 Å². The van der Waals surface area contributed by atoms with Crippen LogP contribution in [0.1, 0.15) is 95.6 Å². The van der Waals surface area contributed by atoms with E-state index in [9.17, 15) is 24.9 Å². The van der Waals surface area contributed by atoms with Gasteiger partial charge in [0.15, 0.2) is 22.8 Å². The average Bonchev–Trinajstić information content (AvgIpc) is 3.16. The summed E-state index contributed by atoms with van der Waals surface area (Å²) in [5.74, 6) is -4.04. The van der Waals surface area contributed by atoms with Gasteiger partial charge in [-0.15, -0.1) is 0 Å². The van der Waals surface area contributed by atoms with Gasteiger partial charge in [-0.1, -0.05) is 29.4 Å². The van der Waals surface area contributed by atoms with Crippen LogP contribution in [0.3, 0.4) is 0 Å². The standard InChI is InChI=1S/C39H48O10/c1-20(2)10-9-15-37(7)16-14-23-29(41)27-30(42)28-33(46-8)25-18-26-36(5,6)49-38(34(25)43,17-13-22(19-40)35(44)45)39(26,28)48-32(27)24(31(23)47-37)12-11-21(3)4/h10-11,13-14,16,25-26,28,33,40-41H,9,12,15,17-19H2,1-8H3,(H,44,45)/b22-13+/t25?,26-,28+,33?,37?,38-,39-/m0/s1. The number of carboxylic acids is 1. The molecule has 7 atom stereocenters. The maximum absolute atomic E-state index is 15.1. The first kappa shape index (κ1) is 35.1. The van der Waals surface area contributed by atoms with E-state index in [1.54, 1.807) is 0 Å². The van der Waals surface area contributed by atoms with Crippen molar-refractivity contribution < 1.29 is 48.7 Å². The number of aliphatic hydroxyl groups is 1. The number of benzene rings is 1. The number of carbonyl (C=O) groups excluding carboxylic acids is 2. The molecule has 1 aromatic rings. The van der Waals surface area contributed by atoms with Crippen LogP contribution < -0.4 is 9.47 Å². The highest BCUT2D eigenvalue weighted by atomic mass is 16.6. The second kappa shape index (κ2) is 12.0. The molecule has 3 aliphatic carbocycles. The monoisotopic (exact) mass is 676 g/mol. The molecule has 4 fully saturated rings. The molecule has 10 nitrogen and oxygen atoms in total. The Hall–Kier alpha value is -3.73. The van der Waals surface area contributed by atoms with Gasteiger partial charge in [-0.05, 0) is 86.3 Å². The van der Waals surface area contributed by atoms with Gasteiger partial charge in [0.25, 0.3) is 0 Å². The highest BCUT2D eigenvalue weighted by molar-refractivity contribution is 6.10. The molecule has 3 heterocycles. The molecular weight excluding hydrogens is 628 g/mol. The molecule has 49 heavy (non-hydrogen) atoms. The summed E-state index contributed by atoms with van der Waals surface area (Å²) in [7, 11) is 1.46. The lowest BCUT2D eigenvalue weighted by atomic mass is 9.45. The minimum atomic E-state index is -1.77.